The monoisotopic (exact) mass is 293 g/mol. The molecular weight excluding hydrogens is 270 g/mol. The molecule has 0 saturated carbocycles. The largest absolute Gasteiger partial charge is 0.352 e. The van der Waals surface area contributed by atoms with Crippen molar-refractivity contribution in [1.29, 1.82) is 0 Å². The summed E-state index contributed by atoms with van der Waals surface area (Å²) in [5.74, 6) is 0.504. The smallest absolute Gasteiger partial charge is 0.269 e. The Kier molecular flexibility index (Phi) is 7.39. The molecule has 0 aliphatic carbocycles. The van der Waals surface area contributed by atoms with Crippen molar-refractivity contribution in [3.8, 4) is 0 Å². The molecule has 0 fully saturated rings. The molecule has 0 aromatic heterocycles. The average Bonchev–Trinajstić information content (AvgIpc) is 2.49. The highest BCUT2D eigenvalue weighted by Gasteiger charge is 2.09. The summed E-state index contributed by atoms with van der Waals surface area (Å²) in [6, 6.07) is 6.19. The first-order chi connectivity index (χ1) is 10.1. The van der Waals surface area contributed by atoms with Gasteiger partial charge in [0, 0.05) is 25.1 Å². The highest BCUT2D eigenvalue weighted by molar-refractivity contribution is 5.75. The molecule has 0 aliphatic rings. The fourth-order valence-electron chi connectivity index (χ4n) is 2.15. The number of benzene rings is 1. The average molecular weight is 293 g/mol. The van der Waals surface area contributed by atoms with Crippen LogP contribution in [0.5, 0.6) is 0 Å². The van der Waals surface area contributed by atoms with Gasteiger partial charge in [0.2, 0.25) is 5.91 Å². The number of nitro benzene ring substituents is 1. The minimum atomic E-state index is -0.440. The van der Waals surface area contributed by atoms with E-state index in [-0.39, 0.29) is 11.6 Å². The summed E-state index contributed by atoms with van der Waals surface area (Å²) >= 11 is 0. The van der Waals surface area contributed by atoms with Crippen LogP contribution in [0.25, 0.3) is 0 Å². The molecule has 1 aromatic carbocycles. The number of nitro groups is 1. The van der Waals surface area contributed by atoms with Gasteiger partial charge >= 0.3 is 0 Å². The van der Waals surface area contributed by atoms with E-state index in [0.29, 0.717) is 25.4 Å². The number of hydrogen-bond acceptors (Lipinski definition) is 4. The van der Waals surface area contributed by atoms with Gasteiger partial charge in [0.25, 0.3) is 5.69 Å². The first kappa shape index (κ1) is 17.1. The normalized spacial score (nSPS) is 11.9. The SMILES string of the molecule is CCC(CCN)CCC(=O)NCc1ccc([N+](=O)[O-])cc1. The summed E-state index contributed by atoms with van der Waals surface area (Å²) in [6.07, 6.45) is 3.32. The van der Waals surface area contributed by atoms with Crippen LogP contribution >= 0.6 is 0 Å². The number of rotatable bonds is 9. The minimum Gasteiger partial charge on any atom is -0.352 e. The predicted octanol–water partition coefficient (Wildman–Crippen LogP) is 2.37. The molecule has 0 heterocycles. The Morgan fingerprint density at radius 3 is 2.52 bits per heavy atom. The number of non-ortho nitro benzene ring substituents is 1. The van der Waals surface area contributed by atoms with Gasteiger partial charge in [0.05, 0.1) is 4.92 Å². The summed E-state index contributed by atoms with van der Waals surface area (Å²) in [7, 11) is 0. The number of nitrogens with two attached hydrogens (primary N) is 1. The van der Waals surface area contributed by atoms with E-state index in [1.165, 1.54) is 12.1 Å². The van der Waals surface area contributed by atoms with Gasteiger partial charge in [-0.3, -0.25) is 14.9 Å². The Bertz CT molecular complexity index is 460. The lowest BCUT2D eigenvalue weighted by atomic mass is 9.96. The number of carbonyl (C=O) groups is 1. The zero-order valence-corrected chi connectivity index (χ0v) is 12.4. The third kappa shape index (κ3) is 6.35. The molecule has 21 heavy (non-hydrogen) atoms. The molecule has 1 rings (SSSR count). The Morgan fingerprint density at radius 2 is 2.00 bits per heavy atom. The molecule has 0 radical (unpaired) electrons. The fourth-order valence-corrected chi connectivity index (χ4v) is 2.15. The van der Waals surface area contributed by atoms with Crippen LogP contribution in [0.2, 0.25) is 0 Å². The van der Waals surface area contributed by atoms with Crippen LogP contribution < -0.4 is 11.1 Å². The second kappa shape index (κ2) is 9.07. The van der Waals surface area contributed by atoms with Gasteiger partial charge in [-0.1, -0.05) is 25.5 Å². The van der Waals surface area contributed by atoms with Crippen molar-refractivity contribution >= 4 is 11.6 Å². The second-order valence-corrected chi connectivity index (χ2v) is 5.09. The van der Waals surface area contributed by atoms with Gasteiger partial charge in [-0.15, -0.1) is 0 Å². The van der Waals surface area contributed by atoms with Crippen LogP contribution in [0.3, 0.4) is 0 Å². The van der Waals surface area contributed by atoms with Crippen LogP contribution in [0.15, 0.2) is 24.3 Å². The van der Waals surface area contributed by atoms with E-state index in [4.69, 9.17) is 5.73 Å². The van der Waals surface area contributed by atoms with Crippen molar-refractivity contribution < 1.29 is 9.72 Å². The highest BCUT2D eigenvalue weighted by atomic mass is 16.6. The summed E-state index contributed by atoms with van der Waals surface area (Å²) < 4.78 is 0. The lowest BCUT2D eigenvalue weighted by molar-refractivity contribution is -0.384. The number of nitrogens with zero attached hydrogens (tertiary/aromatic N) is 1. The first-order valence-corrected chi connectivity index (χ1v) is 7.27. The molecule has 3 N–H and O–H groups in total. The molecule has 0 aliphatic heterocycles. The Hall–Kier alpha value is -1.95. The molecular formula is C15H23N3O3. The first-order valence-electron chi connectivity index (χ1n) is 7.27. The maximum atomic E-state index is 11.8. The number of nitrogens with one attached hydrogen (secondary N) is 1. The Balaban J connectivity index is 2.34. The topological polar surface area (TPSA) is 98.3 Å². The molecule has 1 unspecified atom stereocenters. The lowest BCUT2D eigenvalue weighted by Crippen LogP contribution is -2.23. The number of hydrogen-bond donors (Lipinski definition) is 2. The molecule has 116 valence electrons. The maximum Gasteiger partial charge on any atom is 0.269 e. The van der Waals surface area contributed by atoms with Crippen molar-refractivity contribution in [2.24, 2.45) is 11.7 Å². The molecule has 6 nitrogen and oxygen atoms in total. The maximum absolute atomic E-state index is 11.8. The fraction of sp³-hybridized carbons (Fsp3) is 0.533. The van der Waals surface area contributed by atoms with Gasteiger partial charge in [-0.25, -0.2) is 0 Å². The van der Waals surface area contributed by atoms with E-state index in [0.717, 1.165) is 24.8 Å². The van der Waals surface area contributed by atoms with Crippen LogP contribution in [0, 0.1) is 16.0 Å². The Labute approximate surface area is 124 Å². The van der Waals surface area contributed by atoms with E-state index in [2.05, 4.69) is 12.2 Å². The van der Waals surface area contributed by atoms with Gasteiger partial charge in [-0.05, 0) is 30.9 Å². The minimum absolute atomic E-state index is 0.00354. The van der Waals surface area contributed by atoms with E-state index in [1.807, 2.05) is 0 Å². The summed E-state index contributed by atoms with van der Waals surface area (Å²) in [6.45, 7) is 3.16. The zero-order valence-electron chi connectivity index (χ0n) is 12.4. The van der Waals surface area contributed by atoms with Crippen molar-refractivity contribution in [1.82, 2.24) is 5.32 Å². The molecule has 1 amide bonds. The second-order valence-electron chi connectivity index (χ2n) is 5.09. The summed E-state index contributed by atoms with van der Waals surface area (Å²) in [5.41, 5.74) is 6.43. The Morgan fingerprint density at radius 1 is 1.33 bits per heavy atom. The molecule has 1 aromatic rings. The highest BCUT2D eigenvalue weighted by Crippen LogP contribution is 2.15. The molecule has 6 heteroatoms. The molecule has 0 bridgehead atoms. The van der Waals surface area contributed by atoms with E-state index >= 15 is 0 Å². The number of carbonyl (C=O) groups excluding carboxylic acids is 1. The van der Waals surface area contributed by atoms with Crippen LogP contribution in [0.4, 0.5) is 5.69 Å². The van der Waals surface area contributed by atoms with Gasteiger partial charge in [-0.2, -0.15) is 0 Å². The lowest BCUT2D eigenvalue weighted by Gasteiger charge is -2.13. The summed E-state index contributed by atoms with van der Waals surface area (Å²) in [4.78, 5) is 21.9. The van der Waals surface area contributed by atoms with Crippen LogP contribution in [-0.2, 0) is 11.3 Å². The van der Waals surface area contributed by atoms with E-state index in [1.54, 1.807) is 12.1 Å². The van der Waals surface area contributed by atoms with Crippen molar-refractivity contribution in [3.05, 3.63) is 39.9 Å². The van der Waals surface area contributed by atoms with Gasteiger partial charge < -0.3 is 11.1 Å². The summed E-state index contributed by atoms with van der Waals surface area (Å²) in [5, 5.41) is 13.4. The van der Waals surface area contributed by atoms with Gasteiger partial charge in [0.15, 0.2) is 0 Å². The number of amides is 1. The van der Waals surface area contributed by atoms with Crippen LogP contribution in [-0.4, -0.2) is 17.4 Å². The van der Waals surface area contributed by atoms with E-state index in [9.17, 15) is 14.9 Å². The molecule has 1 atom stereocenters. The van der Waals surface area contributed by atoms with E-state index < -0.39 is 4.92 Å². The predicted molar refractivity (Wildman–Crippen MR) is 81.6 cm³/mol. The standard InChI is InChI=1S/C15H23N3O3/c1-2-12(9-10-16)5-8-15(19)17-11-13-3-6-14(7-4-13)18(20)21/h3-4,6-7,12H,2,5,8-11,16H2,1H3,(H,17,19). The third-order valence-electron chi connectivity index (χ3n) is 3.57. The third-order valence-corrected chi connectivity index (χ3v) is 3.57. The quantitative estimate of drug-likeness (QED) is 0.539. The van der Waals surface area contributed by atoms with Crippen LogP contribution in [0.1, 0.15) is 38.2 Å². The van der Waals surface area contributed by atoms with Crippen molar-refractivity contribution in [3.63, 3.8) is 0 Å². The molecule has 0 spiro atoms. The van der Waals surface area contributed by atoms with Gasteiger partial charge in [0.1, 0.15) is 0 Å². The molecule has 0 saturated heterocycles. The zero-order chi connectivity index (χ0) is 15.7. The van der Waals surface area contributed by atoms with Crippen molar-refractivity contribution in [2.75, 3.05) is 6.54 Å². The van der Waals surface area contributed by atoms with Crippen molar-refractivity contribution in [2.45, 2.75) is 39.2 Å².